The molecule has 1 unspecified atom stereocenters. The number of likely N-dealkylation sites (tertiary alicyclic amines) is 1. The molecular formula is C35H37F2N3O4. The van der Waals surface area contributed by atoms with Gasteiger partial charge in [0.1, 0.15) is 24.5 Å². The molecule has 0 bridgehead atoms. The van der Waals surface area contributed by atoms with E-state index in [2.05, 4.69) is 10.3 Å². The van der Waals surface area contributed by atoms with Gasteiger partial charge in [0.05, 0.1) is 12.5 Å². The van der Waals surface area contributed by atoms with Gasteiger partial charge in [-0.05, 0) is 62.1 Å². The highest BCUT2D eigenvalue weighted by atomic mass is 19.3. The molecule has 1 atom stereocenters. The predicted molar refractivity (Wildman–Crippen MR) is 166 cm³/mol. The Kier molecular flexibility index (Phi) is 9.32. The summed E-state index contributed by atoms with van der Waals surface area (Å²) in [5.74, 6) is -3.46. The van der Waals surface area contributed by atoms with E-state index >= 15 is 8.78 Å². The summed E-state index contributed by atoms with van der Waals surface area (Å²) in [6.07, 6.45) is -0.617. The van der Waals surface area contributed by atoms with Crippen LogP contribution in [0.1, 0.15) is 49.8 Å². The zero-order chi connectivity index (χ0) is 31.2. The average Bonchev–Trinajstić information content (AvgIpc) is 2.99. The maximum atomic E-state index is 15.4. The average molecular weight is 602 g/mol. The maximum Gasteiger partial charge on any atom is 0.410 e. The molecule has 1 N–H and O–H groups in total. The first-order valence-electron chi connectivity index (χ1n) is 14.6. The van der Waals surface area contributed by atoms with Crippen molar-refractivity contribution in [1.82, 2.24) is 9.88 Å². The van der Waals surface area contributed by atoms with Gasteiger partial charge in [0.25, 0.3) is 5.92 Å². The number of nitrogens with one attached hydrogen (secondary N) is 1. The Bertz CT molecular complexity index is 1540. The number of rotatable bonds is 9. The molecule has 2 heterocycles. The van der Waals surface area contributed by atoms with Gasteiger partial charge >= 0.3 is 6.09 Å². The first kappa shape index (κ1) is 30.8. The van der Waals surface area contributed by atoms with E-state index in [1.807, 2.05) is 60.7 Å². The Morgan fingerprint density at radius 2 is 1.57 bits per heavy atom. The van der Waals surface area contributed by atoms with E-state index in [1.165, 1.54) is 0 Å². The molecular weight excluding hydrogens is 564 g/mol. The molecule has 1 aliphatic heterocycles. The minimum Gasteiger partial charge on any atom is -0.473 e. The van der Waals surface area contributed by atoms with Crippen LogP contribution in [0.5, 0.6) is 11.8 Å². The summed E-state index contributed by atoms with van der Waals surface area (Å²) >= 11 is 0. The number of anilines is 2. The van der Waals surface area contributed by atoms with Crippen molar-refractivity contribution in [1.29, 1.82) is 0 Å². The molecule has 1 fully saturated rings. The Balaban J connectivity index is 1.32. The van der Waals surface area contributed by atoms with Crippen molar-refractivity contribution in [3.63, 3.8) is 0 Å². The van der Waals surface area contributed by atoms with Crippen LogP contribution in [0.4, 0.5) is 25.0 Å². The topological polar surface area (TPSA) is 72.9 Å². The van der Waals surface area contributed by atoms with E-state index in [0.717, 1.165) is 16.0 Å². The third kappa shape index (κ3) is 8.24. The zero-order valence-corrected chi connectivity index (χ0v) is 25.1. The number of ether oxygens (including phenoxy) is 3. The van der Waals surface area contributed by atoms with Crippen molar-refractivity contribution in [2.24, 2.45) is 0 Å². The molecule has 5 rings (SSSR count). The summed E-state index contributed by atoms with van der Waals surface area (Å²) in [6, 6.07) is 30.0. The predicted octanol–water partition coefficient (Wildman–Crippen LogP) is 8.34. The number of aromatic nitrogens is 1. The molecule has 0 radical (unpaired) electrons. The second-order valence-electron chi connectivity index (χ2n) is 11.8. The number of pyridine rings is 1. The highest BCUT2D eigenvalue weighted by Gasteiger charge is 2.47. The molecule has 1 aliphatic rings. The summed E-state index contributed by atoms with van der Waals surface area (Å²) in [7, 11) is 0. The number of nitrogens with zero attached hydrogens (tertiary/aromatic N) is 2. The summed E-state index contributed by atoms with van der Waals surface area (Å²) in [6.45, 7) is 5.26. The number of halogens is 2. The van der Waals surface area contributed by atoms with E-state index in [1.54, 1.807) is 57.2 Å². The third-order valence-electron chi connectivity index (χ3n) is 7.10. The summed E-state index contributed by atoms with van der Waals surface area (Å²) < 4.78 is 48.2. The number of alkyl halides is 2. The lowest BCUT2D eigenvalue weighted by atomic mass is 9.86. The Hall–Kier alpha value is -4.66. The molecule has 1 aromatic heterocycles. The van der Waals surface area contributed by atoms with Gasteiger partial charge in [-0.3, -0.25) is 0 Å². The number of hydrogen-bond donors (Lipinski definition) is 1. The molecule has 0 saturated carbocycles. The lowest BCUT2D eigenvalue weighted by Crippen LogP contribution is -2.50. The van der Waals surface area contributed by atoms with Crippen molar-refractivity contribution in [3.05, 3.63) is 114 Å². The molecule has 4 aromatic rings. The molecule has 3 aromatic carbocycles. The smallest absolute Gasteiger partial charge is 0.410 e. The van der Waals surface area contributed by atoms with Crippen LogP contribution in [-0.2, 0) is 18.0 Å². The van der Waals surface area contributed by atoms with Crippen LogP contribution in [0.2, 0.25) is 0 Å². The number of carbonyl (C=O) groups is 1. The van der Waals surface area contributed by atoms with Crippen molar-refractivity contribution >= 4 is 17.5 Å². The number of amides is 1. The van der Waals surface area contributed by atoms with Crippen LogP contribution in [0.15, 0.2) is 97.1 Å². The van der Waals surface area contributed by atoms with Gasteiger partial charge in [0, 0.05) is 18.3 Å². The second-order valence-corrected chi connectivity index (χ2v) is 11.8. The quantitative estimate of drug-likeness (QED) is 0.208. The van der Waals surface area contributed by atoms with Gasteiger partial charge in [-0.1, -0.05) is 72.8 Å². The second kappa shape index (κ2) is 13.3. The third-order valence-corrected chi connectivity index (χ3v) is 7.10. The highest BCUT2D eigenvalue weighted by molar-refractivity contribution is 5.69. The van der Waals surface area contributed by atoms with E-state index in [0.29, 0.717) is 35.3 Å². The van der Waals surface area contributed by atoms with E-state index in [9.17, 15) is 4.79 Å². The first-order chi connectivity index (χ1) is 21.1. The van der Waals surface area contributed by atoms with Gasteiger partial charge in [0.15, 0.2) is 0 Å². The van der Waals surface area contributed by atoms with Crippen molar-refractivity contribution in [2.45, 2.75) is 57.8 Å². The number of carbonyl (C=O) groups excluding carboxylic acids is 1. The summed E-state index contributed by atoms with van der Waals surface area (Å²) in [5.41, 5.74) is 2.88. The van der Waals surface area contributed by atoms with Gasteiger partial charge in [-0.25, -0.2) is 13.6 Å². The fourth-order valence-corrected chi connectivity index (χ4v) is 4.99. The molecule has 1 amide bonds. The fourth-order valence-electron chi connectivity index (χ4n) is 4.99. The van der Waals surface area contributed by atoms with Crippen molar-refractivity contribution < 1.29 is 27.8 Å². The zero-order valence-electron chi connectivity index (χ0n) is 25.1. The van der Waals surface area contributed by atoms with E-state index < -0.39 is 30.1 Å². The molecule has 230 valence electrons. The van der Waals surface area contributed by atoms with Crippen LogP contribution in [0, 0.1) is 0 Å². The Labute approximate surface area is 256 Å². The van der Waals surface area contributed by atoms with Gasteiger partial charge in [0.2, 0.25) is 11.8 Å². The van der Waals surface area contributed by atoms with Crippen LogP contribution >= 0.6 is 0 Å². The normalized spacial score (nSPS) is 16.2. The fraction of sp³-hybridized carbons (Fsp3) is 0.314. The number of benzene rings is 3. The first-order valence-corrected chi connectivity index (χ1v) is 14.6. The SMILES string of the molecule is CC(C)(C)OC(=O)N1CCC(c2cccc(Nc3ccc(OCc4ccccc4)nc3OCc3ccccc3)c2)C(F)(F)C1. The number of hydrogen-bond acceptors (Lipinski definition) is 6. The largest absolute Gasteiger partial charge is 0.473 e. The number of piperidine rings is 1. The lowest BCUT2D eigenvalue weighted by Gasteiger charge is -2.39. The minimum atomic E-state index is -3.13. The Morgan fingerprint density at radius 3 is 2.20 bits per heavy atom. The van der Waals surface area contributed by atoms with Crippen LogP contribution in [0.3, 0.4) is 0 Å². The maximum absolute atomic E-state index is 15.4. The van der Waals surface area contributed by atoms with Gasteiger partial charge in [-0.15, -0.1) is 0 Å². The summed E-state index contributed by atoms with van der Waals surface area (Å²) in [5, 5.41) is 3.30. The molecule has 1 saturated heterocycles. The van der Waals surface area contributed by atoms with E-state index in [4.69, 9.17) is 14.2 Å². The van der Waals surface area contributed by atoms with Crippen molar-refractivity contribution in [2.75, 3.05) is 18.4 Å². The monoisotopic (exact) mass is 601 g/mol. The molecule has 44 heavy (non-hydrogen) atoms. The minimum absolute atomic E-state index is 0.107. The molecule has 9 heteroatoms. The molecule has 7 nitrogen and oxygen atoms in total. The van der Waals surface area contributed by atoms with Crippen molar-refractivity contribution in [3.8, 4) is 11.8 Å². The lowest BCUT2D eigenvalue weighted by molar-refractivity contribution is -0.0848. The van der Waals surface area contributed by atoms with Gasteiger partial charge < -0.3 is 24.4 Å². The molecule has 0 aliphatic carbocycles. The van der Waals surface area contributed by atoms with Crippen LogP contribution in [-0.4, -0.2) is 40.6 Å². The highest BCUT2D eigenvalue weighted by Crippen LogP contribution is 2.41. The standard InChI is InChI=1S/C35H37F2N3O4/c1-34(2,3)44-33(41)40-20-19-29(35(36,37)24-40)27-15-10-16-28(21-27)38-30-17-18-31(42-22-25-11-6-4-7-12-25)39-32(30)43-23-26-13-8-5-9-14-26/h4-18,21,29,38H,19-20,22-24H2,1-3H3. The Morgan fingerprint density at radius 1 is 0.909 bits per heavy atom. The molecule has 0 spiro atoms. The van der Waals surface area contributed by atoms with Crippen LogP contribution in [0.25, 0.3) is 0 Å². The van der Waals surface area contributed by atoms with E-state index in [-0.39, 0.29) is 19.6 Å². The van der Waals surface area contributed by atoms with Crippen LogP contribution < -0.4 is 14.8 Å². The summed E-state index contributed by atoms with van der Waals surface area (Å²) in [4.78, 5) is 18.1. The van der Waals surface area contributed by atoms with Gasteiger partial charge in [-0.2, -0.15) is 4.98 Å².